The second-order valence-electron chi connectivity index (χ2n) is 6.35. The van der Waals surface area contributed by atoms with Crippen LogP contribution in [0.1, 0.15) is 41.6 Å². The third-order valence-electron chi connectivity index (χ3n) is 4.19. The molecule has 1 aromatic heterocycles. The zero-order valence-corrected chi connectivity index (χ0v) is 16.3. The molecule has 28 heavy (non-hydrogen) atoms. The lowest BCUT2D eigenvalue weighted by atomic mass is 10.1. The first kappa shape index (κ1) is 19.4. The highest BCUT2D eigenvalue weighted by Crippen LogP contribution is 2.24. The number of hydrogen-bond donors (Lipinski definition) is 2. The smallest absolute Gasteiger partial charge is 0.340 e. The highest BCUT2D eigenvalue weighted by Gasteiger charge is 2.13. The van der Waals surface area contributed by atoms with Crippen LogP contribution >= 0.6 is 0 Å². The van der Waals surface area contributed by atoms with Crippen LogP contribution in [-0.4, -0.2) is 22.5 Å². The summed E-state index contributed by atoms with van der Waals surface area (Å²) in [5.74, 6) is 1.57. The fourth-order valence-electron chi connectivity index (χ4n) is 2.87. The molecule has 3 aromatic rings. The summed E-state index contributed by atoms with van der Waals surface area (Å²) in [5.41, 5.74) is 2.27. The molecule has 1 atom stereocenters. The molecule has 0 amide bonds. The van der Waals surface area contributed by atoms with Crippen LogP contribution in [0.4, 0.5) is 17.3 Å². The molecule has 0 saturated heterocycles. The zero-order valence-electron chi connectivity index (χ0n) is 16.3. The number of para-hydroxylation sites is 1. The Balaban J connectivity index is 1.82. The molecule has 2 N–H and O–H groups in total. The Labute approximate surface area is 165 Å². The number of esters is 1. The van der Waals surface area contributed by atoms with Gasteiger partial charge in [0.2, 0.25) is 0 Å². The fourth-order valence-corrected chi connectivity index (χ4v) is 2.87. The maximum atomic E-state index is 12.2. The van der Waals surface area contributed by atoms with Gasteiger partial charge in [-0.25, -0.2) is 14.8 Å². The van der Waals surface area contributed by atoms with E-state index in [4.69, 9.17) is 4.74 Å². The quantitative estimate of drug-likeness (QED) is 0.573. The van der Waals surface area contributed by atoms with Gasteiger partial charge in [0.1, 0.15) is 17.5 Å². The summed E-state index contributed by atoms with van der Waals surface area (Å²) in [4.78, 5) is 21.1. The molecule has 0 radical (unpaired) electrons. The van der Waals surface area contributed by atoms with Crippen molar-refractivity contribution in [2.24, 2.45) is 0 Å². The lowest BCUT2D eigenvalue weighted by molar-refractivity contribution is 0.0527. The first-order chi connectivity index (χ1) is 13.6. The minimum Gasteiger partial charge on any atom is -0.462 e. The SMILES string of the molecule is CCOC(=O)c1ccccc1Nc1cc(NC(C)c2ccccc2)nc(C)n1. The topological polar surface area (TPSA) is 76.1 Å². The number of nitrogens with zero attached hydrogens (tertiary/aromatic N) is 2. The Morgan fingerprint density at radius 1 is 1.04 bits per heavy atom. The molecule has 2 aromatic carbocycles. The van der Waals surface area contributed by atoms with Gasteiger partial charge in [-0.3, -0.25) is 0 Å². The molecule has 0 fully saturated rings. The first-order valence-electron chi connectivity index (χ1n) is 9.27. The molecule has 6 heteroatoms. The van der Waals surface area contributed by atoms with E-state index in [9.17, 15) is 4.79 Å². The molecule has 0 aliphatic heterocycles. The van der Waals surface area contributed by atoms with Crippen molar-refractivity contribution in [2.75, 3.05) is 17.2 Å². The van der Waals surface area contributed by atoms with Gasteiger partial charge >= 0.3 is 5.97 Å². The van der Waals surface area contributed by atoms with Gasteiger partial charge in [0.05, 0.1) is 17.9 Å². The van der Waals surface area contributed by atoms with Gasteiger partial charge in [-0.15, -0.1) is 0 Å². The van der Waals surface area contributed by atoms with Crippen molar-refractivity contribution in [3.05, 3.63) is 77.6 Å². The molecular formula is C22H24N4O2. The number of ether oxygens (including phenoxy) is 1. The molecule has 3 rings (SSSR count). The maximum Gasteiger partial charge on any atom is 0.340 e. The van der Waals surface area contributed by atoms with Gasteiger partial charge in [-0.05, 0) is 38.5 Å². The standard InChI is InChI=1S/C22H24N4O2/c1-4-28-22(27)18-12-8-9-13-19(18)26-21-14-20(24-16(3)25-21)23-15(2)17-10-6-5-7-11-17/h5-15H,4H2,1-3H3,(H2,23,24,25,26). The van der Waals surface area contributed by atoms with E-state index in [0.717, 1.165) is 0 Å². The highest BCUT2D eigenvalue weighted by atomic mass is 16.5. The summed E-state index contributed by atoms with van der Waals surface area (Å²) in [6.07, 6.45) is 0. The summed E-state index contributed by atoms with van der Waals surface area (Å²) in [5, 5.41) is 6.61. The van der Waals surface area contributed by atoms with E-state index in [2.05, 4.69) is 39.7 Å². The Kier molecular flexibility index (Phi) is 6.22. The van der Waals surface area contributed by atoms with E-state index in [-0.39, 0.29) is 12.0 Å². The van der Waals surface area contributed by atoms with Gasteiger partial charge in [0, 0.05) is 12.1 Å². The summed E-state index contributed by atoms with van der Waals surface area (Å²) in [7, 11) is 0. The molecule has 0 saturated carbocycles. The number of aryl methyl sites for hydroxylation is 1. The van der Waals surface area contributed by atoms with Crippen LogP contribution in [0.15, 0.2) is 60.7 Å². The monoisotopic (exact) mass is 376 g/mol. The molecule has 1 heterocycles. The lowest BCUT2D eigenvalue weighted by Gasteiger charge is -2.16. The van der Waals surface area contributed by atoms with Crippen LogP contribution in [0.25, 0.3) is 0 Å². The Morgan fingerprint density at radius 2 is 1.71 bits per heavy atom. The molecular weight excluding hydrogens is 352 g/mol. The van der Waals surface area contributed by atoms with Crippen LogP contribution < -0.4 is 10.6 Å². The average molecular weight is 376 g/mol. The third-order valence-corrected chi connectivity index (χ3v) is 4.19. The second kappa shape index (κ2) is 8.99. The van der Waals surface area contributed by atoms with Gasteiger partial charge in [-0.2, -0.15) is 0 Å². The van der Waals surface area contributed by atoms with E-state index >= 15 is 0 Å². The maximum absolute atomic E-state index is 12.2. The number of carbonyl (C=O) groups excluding carboxylic acids is 1. The summed E-state index contributed by atoms with van der Waals surface area (Å²) in [6.45, 7) is 6.02. The summed E-state index contributed by atoms with van der Waals surface area (Å²) >= 11 is 0. The van der Waals surface area contributed by atoms with Crippen molar-refractivity contribution in [1.29, 1.82) is 0 Å². The molecule has 0 bridgehead atoms. The summed E-state index contributed by atoms with van der Waals surface area (Å²) in [6, 6.07) is 19.3. The Morgan fingerprint density at radius 3 is 2.46 bits per heavy atom. The fraction of sp³-hybridized carbons (Fsp3) is 0.227. The van der Waals surface area contributed by atoms with Crippen LogP contribution in [0.3, 0.4) is 0 Å². The van der Waals surface area contributed by atoms with Crippen molar-refractivity contribution in [2.45, 2.75) is 26.8 Å². The van der Waals surface area contributed by atoms with Gasteiger partial charge in [-0.1, -0.05) is 42.5 Å². The normalized spacial score (nSPS) is 11.5. The van der Waals surface area contributed by atoms with Gasteiger partial charge in [0.15, 0.2) is 0 Å². The van der Waals surface area contributed by atoms with Crippen LogP contribution in [0.2, 0.25) is 0 Å². The minimum atomic E-state index is -0.368. The number of nitrogens with one attached hydrogen (secondary N) is 2. The number of hydrogen-bond acceptors (Lipinski definition) is 6. The molecule has 0 aliphatic rings. The Hall–Kier alpha value is -3.41. The number of anilines is 3. The van der Waals surface area contributed by atoms with Crippen LogP contribution in [0, 0.1) is 6.92 Å². The molecule has 0 spiro atoms. The van der Waals surface area contributed by atoms with Crippen LogP contribution in [0.5, 0.6) is 0 Å². The van der Waals surface area contributed by atoms with Crippen molar-refractivity contribution in [3.8, 4) is 0 Å². The van der Waals surface area contributed by atoms with Gasteiger partial charge < -0.3 is 15.4 Å². The highest BCUT2D eigenvalue weighted by molar-refractivity contribution is 5.96. The van der Waals surface area contributed by atoms with Crippen molar-refractivity contribution in [3.63, 3.8) is 0 Å². The van der Waals surface area contributed by atoms with Crippen molar-refractivity contribution >= 4 is 23.3 Å². The van der Waals surface area contributed by atoms with Gasteiger partial charge in [0.25, 0.3) is 0 Å². The Bertz CT molecular complexity index is 944. The van der Waals surface area contributed by atoms with E-state index in [1.54, 1.807) is 19.1 Å². The number of rotatable bonds is 7. The minimum absolute atomic E-state index is 0.0927. The number of carbonyl (C=O) groups is 1. The van der Waals surface area contributed by atoms with E-state index in [1.807, 2.05) is 43.3 Å². The summed E-state index contributed by atoms with van der Waals surface area (Å²) < 4.78 is 5.13. The van der Waals surface area contributed by atoms with E-state index < -0.39 is 0 Å². The average Bonchev–Trinajstić information content (AvgIpc) is 2.69. The molecule has 0 aliphatic carbocycles. The van der Waals surface area contributed by atoms with Crippen molar-refractivity contribution < 1.29 is 9.53 Å². The van der Waals surface area contributed by atoms with E-state index in [0.29, 0.717) is 35.3 Å². The predicted octanol–water partition coefficient (Wildman–Crippen LogP) is 4.88. The predicted molar refractivity (Wildman–Crippen MR) is 111 cm³/mol. The molecule has 6 nitrogen and oxygen atoms in total. The number of aromatic nitrogens is 2. The third kappa shape index (κ3) is 4.85. The van der Waals surface area contributed by atoms with E-state index in [1.165, 1.54) is 5.56 Å². The largest absolute Gasteiger partial charge is 0.462 e. The zero-order chi connectivity index (χ0) is 19.9. The molecule has 1 unspecified atom stereocenters. The lowest BCUT2D eigenvalue weighted by Crippen LogP contribution is -2.11. The second-order valence-corrected chi connectivity index (χ2v) is 6.35. The first-order valence-corrected chi connectivity index (χ1v) is 9.27. The number of benzene rings is 2. The van der Waals surface area contributed by atoms with Crippen molar-refractivity contribution in [1.82, 2.24) is 9.97 Å². The molecule has 144 valence electrons. The van der Waals surface area contributed by atoms with Crippen LogP contribution in [-0.2, 0) is 4.74 Å².